The van der Waals surface area contributed by atoms with Crippen molar-refractivity contribution in [1.82, 2.24) is 0 Å². The van der Waals surface area contributed by atoms with Crippen molar-refractivity contribution < 1.29 is 19.1 Å². The number of hydrogen-bond acceptors (Lipinski definition) is 4. The van der Waals surface area contributed by atoms with E-state index in [1.54, 1.807) is 0 Å². The Labute approximate surface area is 180 Å². The van der Waals surface area contributed by atoms with E-state index in [1.807, 2.05) is 0 Å². The molecule has 0 N–H and O–H groups in total. The van der Waals surface area contributed by atoms with Crippen LogP contribution in [-0.2, 0) is 19.1 Å². The van der Waals surface area contributed by atoms with E-state index in [-0.39, 0.29) is 29.0 Å². The van der Waals surface area contributed by atoms with Gasteiger partial charge in [-0.3, -0.25) is 4.79 Å². The Morgan fingerprint density at radius 1 is 1.13 bits per heavy atom. The lowest BCUT2D eigenvalue weighted by Gasteiger charge is -2.56. The van der Waals surface area contributed by atoms with Crippen LogP contribution in [0.5, 0.6) is 0 Å². The van der Waals surface area contributed by atoms with Gasteiger partial charge in [0.2, 0.25) is 0 Å². The lowest BCUT2D eigenvalue weighted by atomic mass is 9.47. The van der Waals surface area contributed by atoms with Crippen molar-refractivity contribution in [2.45, 2.75) is 96.7 Å². The molecule has 30 heavy (non-hydrogen) atoms. The van der Waals surface area contributed by atoms with Gasteiger partial charge in [-0.15, -0.1) is 0 Å². The number of ether oxygens (including phenoxy) is 2. The number of esters is 1. The van der Waals surface area contributed by atoms with Gasteiger partial charge in [0.15, 0.2) is 0 Å². The Kier molecular flexibility index (Phi) is 5.10. The summed E-state index contributed by atoms with van der Waals surface area (Å²) >= 11 is 0. The Morgan fingerprint density at radius 2 is 2.00 bits per heavy atom. The zero-order chi connectivity index (χ0) is 20.9. The van der Waals surface area contributed by atoms with Gasteiger partial charge in [-0.25, -0.2) is 0 Å². The molecular formula is C26H36O4. The van der Waals surface area contributed by atoms with Crippen molar-refractivity contribution in [1.29, 1.82) is 0 Å². The van der Waals surface area contributed by atoms with Crippen LogP contribution in [0.15, 0.2) is 23.5 Å². The third-order valence-corrected chi connectivity index (χ3v) is 9.41. The SMILES string of the molecule is CC(=O)OC1CC[C@H]2[C@@H]3CC=C4CC(OC5=CCCC5)CC[C@]4(C=O)[C@@H]3CC[C@]12C. The van der Waals surface area contributed by atoms with Crippen LogP contribution in [-0.4, -0.2) is 24.5 Å². The first-order valence-electron chi connectivity index (χ1n) is 12.1. The highest BCUT2D eigenvalue weighted by Crippen LogP contribution is 2.65. The maximum atomic E-state index is 12.6. The predicted molar refractivity (Wildman–Crippen MR) is 114 cm³/mol. The normalized spacial score (nSPS) is 44.8. The summed E-state index contributed by atoms with van der Waals surface area (Å²) in [6.07, 6.45) is 17.8. The summed E-state index contributed by atoms with van der Waals surface area (Å²) in [5.41, 5.74) is 1.14. The minimum absolute atomic E-state index is 0.0438. The topological polar surface area (TPSA) is 52.6 Å². The second-order valence-electron chi connectivity index (χ2n) is 10.8. The molecule has 0 bridgehead atoms. The molecule has 0 aliphatic heterocycles. The van der Waals surface area contributed by atoms with E-state index in [4.69, 9.17) is 9.47 Å². The molecule has 0 amide bonds. The van der Waals surface area contributed by atoms with E-state index in [9.17, 15) is 9.59 Å². The number of fused-ring (bicyclic) bond motifs is 5. The molecule has 0 aromatic rings. The molecule has 4 heteroatoms. The summed E-state index contributed by atoms with van der Waals surface area (Å²) in [7, 11) is 0. The van der Waals surface area contributed by atoms with E-state index in [0.717, 1.165) is 64.2 Å². The van der Waals surface area contributed by atoms with Crippen LogP contribution in [0.2, 0.25) is 0 Å². The minimum Gasteiger partial charge on any atom is -0.495 e. The maximum Gasteiger partial charge on any atom is 0.302 e. The van der Waals surface area contributed by atoms with Crippen molar-refractivity contribution in [3.63, 3.8) is 0 Å². The van der Waals surface area contributed by atoms with Gasteiger partial charge in [-0.05, 0) is 81.6 Å². The van der Waals surface area contributed by atoms with Gasteiger partial charge in [0, 0.05) is 25.2 Å². The predicted octanol–water partition coefficient (Wildman–Crippen LogP) is 5.51. The third kappa shape index (κ3) is 3.08. The molecule has 5 aliphatic carbocycles. The molecule has 0 spiro atoms. The van der Waals surface area contributed by atoms with Crippen molar-refractivity contribution in [3.05, 3.63) is 23.5 Å². The van der Waals surface area contributed by atoms with Gasteiger partial charge in [-0.1, -0.05) is 18.6 Å². The standard InChI is InChI=1S/C26H36O4/c1-17(28)29-24-10-9-22-21-8-7-18-15-20(30-19-5-3-4-6-19)11-14-26(18,16-27)23(21)12-13-25(22,24)2/h5,7,16,20-24H,3-4,6,8-15H2,1-2H3/t20?,21-,22-,23+,24?,25-,26+/m0/s1. The highest BCUT2D eigenvalue weighted by molar-refractivity contribution is 5.68. The summed E-state index contributed by atoms with van der Waals surface area (Å²) in [4.78, 5) is 24.3. The van der Waals surface area contributed by atoms with E-state index in [0.29, 0.717) is 17.8 Å². The fourth-order valence-electron chi connectivity index (χ4n) is 7.96. The van der Waals surface area contributed by atoms with E-state index < -0.39 is 0 Å². The molecule has 4 nitrogen and oxygen atoms in total. The van der Waals surface area contributed by atoms with Crippen LogP contribution >= 0.6 is 0 Å². The number of rotatable bonds is 4. The number of hydrogen-bond donors (Lipinski definition) is 0. The van der Waals surface area contributed by atoms with Gasteiger partial charge in [0.1, 0.15) is 18.5 Å². The first kappa shape index (κ1) is 20.3. The number of carbonyl (C=O) groups excluding carboxylic acids is 2. The van der Waals surface area contributed by atoms with Crippen molar-refractivity contribution >= 4 is 12.3 Å². The van der Waals surface area contributed by atoms with Crippen LogP contribution in [0, 0.1) is 28.6 Å². The molecule has 3 fully saturated rings. The van der Waals surface area contributed by atoms with Gasteiger partial charge in [0.25, 0.3) is 0 Å². The maximum absolute atomic E-state index is 12.6. The van der Waals surface area contributed by atoms with Gasteiger partial charge >= 0.3 is 5.97 Å². The fourth-order valence-corrected chi connectivity index (χ4v) is 7.96. The average Bonchev–Trinajstić information content (AvgIpc) is 3.35. The monoisotopic (exact) mass is 412 g/mol. The summed E-state index contributed by atoms with van der Waals surface area (Å²) in [6, 6.07) is 0. The lowest BCUT2D eigenvalue weighted by Crippen LogP contribution is -2.53. The Morgan fingerprint density at radius 3 is 2.73 bits per heavy atom. The molecule has 3 saturated carbocycles. The minimum atomic E-state index is -0.284. The highest BCUT2D eigenvalue weighted by Gasteiger charge is 2.61. The summed E-state index contributed by atoms with van der Waals surface area (Å²) in [6.45, 7) is 3.86. The average molecular weight is 413 g/mol. The van der Waals surface area contributed by atoms with E-state index in [2.05, 4.69) is 19.1 Å². The van der Waals surface area contributed by atoms with Crippen LogP contribution < -0.4 is 0 Å². The fraction of sp³-hybridized carbons (Fsp3) is 0.769. The largest absolute Gasteiger partial charge is 0.495 e. The van der Waals surface area contributed by atoms with Gasteiger partial charge < -0.3 is 14.3 Å². The van der Waals surface area contributed by atoms with Gasteiger partial charge in [0.05, 0.1) is 11.2 Å². The molecule has 0 heterocycles. The summed E-state index contributed by atoms with van der Waals surface area (Å²) < 4.78 is 12.1. The zero-order valence-corrected chi connectivity index (χ0v) is 18.5. The lowest BCUT2D eigenvalue weighted by molar-refractivity contribution is -0.157. The number of aldehydes is 1. The summed E-state index contributed by atoms with van der Waals surface area (Å²) in [5.74, 6) is 2.54. The molecular weight excluding hydrogens is 376 g/mol. The van der Waals surface area contributed by atoms with E-state index >= 15 is 0 Å². The Hall–Kier alpha value is -1.58. The molecule has 0 radical (unpaired) electrons. The highest BCUT2D eigenvalue weighted by atomic mass is 16.5. The van der Waals surface area contributed by atoms with Crippen molar-refractivity contribution in [2.24, 2.45) is 28.6 Å². The quantitative estimate of drug-likeness (QED) is 0.347. The molecule has 0 aromatic heterocycles. The summed E-state index contributed by atoms with van der Waals surface area (Å²) in [5, 5.41) is 0. The molecule has 7 atom stereocenters. The number of carbonyl (C=O) groups is 2. The zero-order valence-electron chi connectivity index (χ0n) is 18.5. The van der Waals surface area contributed by atoms with Gasteiger partial charge in [-0.2, -0.15) is 0 Å². The third-order valence-electron chi connectivity index (χ3n) is 9.41. The smallest absolute Gasteiger partial charge is 0.302 e. The molecule has 164 valence electrons. The van der Waals surface area contributed by atoms with Crippen LogP contribution in [0.25, 0.3) is 0 Å². The second-order valence-corrected chi connectivity index (χ2v) is 10.8. The van der Waals surface area contributed by atoms with Crippen molar-refractivity contribution in [2.75, 3.05) is 0 Å². The molecule has 2 unspecified atom stereocenters. The first-order chi connectivity index (χ1) is 14.5. The Bertz CT molecular complexity index is 782. The molecule has 0 aromatic carbocycles. The van der Waals surface area contributed by atoms with Crippen molar-refractivity contribution in [3.8, 4) is 0 Å². The second kappa shape index (κ2) is 7.53. The first-order valence-corrected chi connectivity index (χ1v) is 12.1. The number of allylic oxidation sites excluding steroid dienone is 3. The molecule has 0 saturated heterocycles. The molecule has 5 aliphatic rings. The van der Waals surface area contributed by atoms with Crippen LogP contribution in [0.4, 0.5) is 0 Å². The van der Waals surface area contributed by atoms with Crippen LogP contribution in [0.3, 0.4) is 0 Å². The van der Waals surface area contributed by atoms with Crippen LogP contribution in [0.1, 0.15) is 84.5 Å². The van der Waals surface area contributed by atoms with E-state index in [1.165, 1.54) is 31.0 Å². The Balaban J connectivity index is 1.37. The molecule has 5 rings (SSSR count).